The summed E-state index contributed by atoms with van der Waals surface area (Å²) in [6, 6.07) is 0. The Bertz CT molecular complexity index is 132. The summed E-state index contributed by atoms with van der Waals surface area (Å²) in [5.41, 5.74) is 0. The SMILES string of the molecule is CC(O)COC(C)CO.COC1CCC1. The van der Waals surface area contributed by atoms with E-state index in [1.165, 1.54) is 19.3 Å². The first-order valence-electron chi connectivity index (χ1n) is 5.53. The molecule has 2 atom stereocenters. The van der Waals surface area contributed by atoms with E-state index < -0.39 is 6.10 Å². The molecule has 0 aliphatic heterocycles. The third kappa shape index (κ3) is 8.81. The third-order valence-corrected chi connectivity index (χ3v) is 2.26. The zero-order chi connectivity index (χ0) is 11.7. The summed E-state index contributed by atoms with van der Waals surface area (Å²) in [6.45, 7) is 3.70. The largest absolute Gasteiger partial charge is 0.394 e. The van der Waals surface area contributed by atoms with E-state index in [0.717, 1.165) is 0 Å². The highest BCUT2D eigenvalue weighted by Crippen LogP contribution is 2.20. The van der Waals surface area contributed by atoms with Crippen molar-refractivity contribution in [2.45, 2.75) is 51.4 Å². The quantitative estimate of drug-likeness (QED) is 0.724. The van der Waals surface area contributed by atoms with Crippen LogP contribution in [0.1, 0.15) is 33.1 Å². The van der Waals surface area contributed by atoms with Gasteiger partial charge in [0.25, 0.3) is 0 Å². The van der Waals surface area contributed by atoms with Gasteiger partial charge in [0.2, 0.25) is 0 Å². The van der Waals surface area contributed by atoms with E-state index in [-0.39, 0.29) is 12.7 Å². The molecule has 0 saturated heterocycles. The number of hydrogen-bond donors (Lipinski definition) is 2. The molecule has 0 aromatic heterocycles. The van der Waals surface area contributed by atoms with Gasteiger partial charge in [0.05, 0.1) is 31.5 Å². The van der Waals surface area contributed by atoms with Gasteiger partial charge in [-0.05, 0) is 33.1 Å². The second-order valence-corrected chi connectivity index (χ2v) is 3.96. The zero-order valence-electron chi connectivity index (χ0n) is 9.98. The van der Waals surface area contributed by atoms with Crippen LogP contribution in [0.3, 0.4) is 0 Å². The van der Waals surface area contributed by atoms with Gasteiger partial charge in [-0.15, -0.1) is 0 Å². The van der Waals surface area contributed by atoms with Crippen LogP contribution in [0, 0.1) is 0 Å². The summed E-state index contributed by atoms with van der Waals surface area (Å²) >= 11 is 0. The fraction of sp³-hybridized carbons (Fsp3) is 1.00. The smallest absolute Gasteiger partial charge is 0.0779 e. The Morgan fingerprint density at radius 1 is 1.33 bits per heavy atom. The average molecular weight is 220 g/mol. The lowest BCUT2D eigenvalue weighted by Gasteiger charge is -2.22. The molecule has 0 bridgehead atoms. The molecule has 1 aliphatic carbocycles. The van der Waals surface area contributed by atoms with E-state index in [4.69, 9.17) is 19.7 Å². The molecular formula is C11H24O4. The molecule has 2 N–H and O–H groups in total. The van der Waals surface area contributed by atoms with E-state index in [0.29, 0.717) is 12.7 Å². The Labute approximate surface area is 92.2 Å². The molecule has 1 saturated carbocycles. The van der Waals surface area contributed by atoms with E-state index in [1.54, 1.807) is 21.0 Å². The number of rotatable bonds is 5. The maximum absolute atomic E-state index is 8.69. The van der Waals surface area contributed by atoms with E-state index >= 15 is 0 Å². The van der Waals surface area contributed by atoms with Crippen molar-refractivity contribution in [3.63, 3.8) is 0 Å². The molecular weight excluding hydrogens is 196 g/mol. The van der Waals surface area contributed by atoms with Crippen molar-refractivity contribution in [1.82, 2.24) is 0 Å². The van der Waals surface area contributed by atoms with Gasteiger partial charge in [0.1, 0.15) is 0 Å². The first-order chi connectivity index (χ1) is 7.10. The van der Waals surface area contributed by atoms with Crippen LogP contribution in [0.15, 0.2) is 0 Å². The Morgan fingerprint density at radius 2 is 1.93 bits per heavy atom. The predicted octanol–water partition coefficient (Wildman–Crippen LogP) is 0.950. The van der Waals surface area contributed by atoms with Gasteiger partial charge in [-0.1, -0.05) is 0 Å². The molecule has 4 nitrogen and oxygen atoms in total. The number of aliphatic hydroxyl groups excluding tert-OH is 2. The molecule has 4 heteroatoms. The molecule has 0 spiro atoms. The molecule has 0 heterocycles. The lowest BCUT2D eigenvalue weighted by molar-refractivity contribution is -0.0177. The lowest BCUT2D eigenvalue weighted by Crippen LogP contribution is -2.19. The van der Waals surface area contributed by atoms with Gasteiger partial charge in [-0.3, -0.25) is 0 Å². The number of hydrogen-bond acceptors (Lipinski definition) is 4. The molecule has 15 heavy (non-hydrogen) atoms. The highest BCUT2D eigenvalue weighted by molar-refractivity contribution is 4.67. The Kier molecular flexibility index (Phi) is 9.00. The summed E-state index contributed by atoms with van der Waals surface area (Å²) in [5.74, 6) is 0. The topological polar surface area (TPSA) is 58.9 Å². The minimum Gasteiger partial charge on any atom is -0.394 e. The van der Waals surface area contributed by atoms with Crippen LogP contribution in [0.4, 0.5) is 0 Å². The van der Waals surface area contributed by atoms with Gasteiger partial charge < -0.3 is 19.7 Å². The van der Waals surface area contributed by atoms with Gasteiger partial charge >= 0.3 is 0 Å². The maximum atomic E-state index is 8.69. The van der Waals surface area contributed by atoms with Crippen LogP contribution >= 0.6 is 0 Å². The standard InChI is InChI=1S/C6H14O3.C5H10O/c1-5(8)4-9-6(2)3-7;1-6-5-3-2-4-5/h5-8H,3-4H2,1-2H3;5H,2-4H2,1H3. The number of methoxy groups -OCH3 is 1. The van der Waals surface area contributed by atoms with E-state index in [9.17, 15) is 0 Å². The normalized spacial score (nSPS) is 19.8. The number of aliphatic hydroxyl groups is 2. The van der Waals surface area contributed by atoms with Gasteiger partial charge in [0, 0.05) is 7.11 Å². The number of ether oxygens (including phenoxy) is 2. The van der Waals surface area contributed by atoms with Gasteiger partial charge in [-0.25, -0.2) is 0 Å². The Balaban J connectivity index is 0.000000280. The predicted molar refractivity (Wildman–Crippen MR) is 58.8 cm³/mol. The second kappa shape index (κ2) is 9.09. The van der Waals surface area contributed by atoms with Crippen molar-refractivity contribution in [2.24, 2.45) is 0 Å². The van der Waals surface area contributed by atoms with Gasteiger partial charge in [-0.2, -0.15) is 0 Å². The Morgan fingerprint density at radius 3 is 2.13 bits per heavy atom. The molecule has 1 aliphatic rings. The third-order valence-electron chi connectivity index (χ3n) is 2.26. The fourth-order valence-electron chi connectivity index (χ4n) is 0.963. The highest BCUT2D eigenvalue weighted by atomic mass is 16.5. The molecule has 0 aromatic carbocycles. The summed E-state index contributed by atoms with van der Waals surface area (Å²) in [4.78, 5) is 0. The minimum atomic E-state index is -0.445. The highest BCUT2D eigenvalue weighted by Gasteiger charge is 2.14. The summed E-state index contributed by atoms with van der Waals surface area (Å²) in [7, 11) is 1.78. The first-order valence-corrected chi connectivity index (χ1v) is 5.53. The zero-order valence-corrected chi connectivity index (χ0v) is 9.98. The first kappa shape index (κ1) is 14.8. The monoisotopic (exact) mass is 220 g/mol. The van der Waals surface area contributed by atoms with Crippen LogP contribution in [0.25, 0.3) is 0 Å². The molecule has 2 unspecified atom stereocenters. The van der Waals surface area contributed by atoms with Crippen molar-refractivity contribution >= 4 is 0 Å². The molecule has 92 valence electrons. The van der Waals surface area contributed by atoms with Crippen LogP contribution in [0.5, 0.6) is 0 Å². The van der Waals surface area contributed by atoms with Crippen LogP contribution in [-0.4, -0.2) is 48.8 Å². The molecule has 1 fully saturated rings. The van der Waals surface area contributed by atoms with Crippen molar-refractivity contribution < 1.29 is 19.7 Å². The van der Waals surface area contributed by atoms with E-state index in [2.05, 4.69) is 0 Å². The molecule has 0 radical (unpaired) electrons. The summed E-state index contributed by atoms with van der Waals surface area (Å²) < 4.78 is 9.94. The Hall–Kier alpha value is -0.160. The van der Waals surface area contributed by atoms with Crippen molar-refractivity contribution in [2.75, 3.05) is 20.3 Å². The van der Waals surface area contributed by atoms with Crippen LogP contribution < -0.4 is 0 Å². The lowest BCUT2D eigenvalue weighted by atomic mass is 9.96. The van der Waals surface area contributed by atoms with E-state index in [1.807, 2.05) is 0 Å². The molecule has 0 amide bonds. The average Bonchev–Trinajstić information content (AvgIpc) is 2.13. The summed E-state index contributed by atoms with van der Waals surface area (Å²) in [6.07, 6.45) is 3.95. The van der Waals surface area contributed by atoms with Crippen molar-refractivity contribution in [3.05, 3.63) is 0 Å². The van der Waals surface area contributed by atoms with Crippen molar-refractivity contribution in [1.29, 1.82) is 0 Å². The maximum Gasteiger partial charge on any atom is 0.0779 e. The second-order valence-electron chi connectivity index (χ2n) is 3.96. The minimum absolute atomic E-state index is 0.00667. The van der Waals surface area contributed by atoms with Crippen LogP contribution in [-0.2, 0) is 9.47 Å². The van der Waals surface area contributed by atoms with Crippen LogP contribution in [0.2, 0.25) is 0 Å². The summed E-state index contributed by atoms with van der Waals surface area (Å²) in [5, 5.41) is 17.1. The molecule has 0 aromatic rings. The van der Waals surface area contributed by atoms with Crippen molar-refractivity contribution in [3.8, 4) is 0 Å². The van der Waals surface area contributed by atoms with Gasteiger partial charge in [0.15, 0.2) is 0 Å². The fourth-order valence-corrected chi connectivity index (χ4v) is 0.963. The molecule has 1 rings (SSSR count).